The number of anilines is 1. The molecule has 0 aliphatic heterocycles. The number of hydrogen-bond acceptors (Lipinski definition) is 2. The fourth-order valence-electron chi connectivity index (χ4n) is 1.61. The van der Waals surface area contributed by atoms with Crippen molar-refractivity contribution < 1.29 is 4.79 Å². The lowest BCUT2D eigenvalue weighted by Gasteiger charge is -2.26. The summed E-state index contributed by atoms with van der Waals surface area (Å²) in [6.07, 6.45) is 0.469. The second-order valence-electron chi connectivity index (χ2n) is 6.07. The van der Waals surface area contributed by atoms with Crippen LogP contribution in [0.2, 0.25) is 0 Å². The molecule has 0 fully saturated rings. The van der Waals surface area contributed by atoms with Gasteiger partial charge in [-0.3, -0.25) is 4.79 Å². The number of hydrogen-bond donors (Lipinski definition) is 2. The summed E-state index contributed by atoms with van der Waals surface area (Å²) < 4.78 is 0.876. The van der Waals surface area contributed by atoms with Gasteiger partial charge >= 0.3 is 0 Å². The van der Waals surface area contributed by atoms with Crippen molar-refractivity contribution in [2.24, 2.45) is 17.1 Å². The molecule has 0 aliphatic carbocycles. The summed E-state index contributed by atoms with van der Waals surface area (Å²) in [6.45, 7) is 8.47. The summed E-state index contributed by atoms with van der Waals surface area (Å²) in [7, 11) is 0. The van der Waals surface area contributed by atoms with Gasteiger partial charge < -0.3 is 11.1 Å². The Hall–Kier alpha value is -0.940. The molecule has 0 saturated heterocycles. The molecule has 110 valence electrons. The predicted molar refractivity (Wildman–Crippen MR) is 91.9 cm³/mol. The van der Waals surface area contributed by atoms with E-state index in [0.717, 1.165) is 4.47 Å². The van der Waals surface area contributed by atoms with E-state index in [0.29, 0.717) is 17.7 Å². The quantitative estimate of drug-likeness (QED) is 0.798. The van der Waals surface area contributed by atoms with Gasteiger partial charge in [0.05, 0.1) is 5.69 Å². The van der Waals surface area contributed by atoms with Crippen molar-refractivity contribution in [2.45, 2.75) is 34.1 Å². The average Bonchev–Trinajstić information content (AvgIpc) is 2.29. The average molecular weight is 357 g/mol. The van der Waals surface area contributed by atoms with Crippen LogP contribution in [0, 0.1) is 11.3 Å². The first-order valence-corrected chi connectivity index (χ1v) is 7.70. The second-order valence-corrected chi connectivity index (χ2v) is 7.43. The third-order valence-corrected chi connectivity index (χ3v) is 4.20. The van der Waals surface area contributed by atoms with Gasteiger partial charge in [0.25, 0.3) is 0 Å². The fraction of sp³-hybridized carbons (Fsp3) is 0.467. The van der Waals surface area contributed by atoms with Crippen LogP contribution in [0.4, 0.5) is 5.69 Å². The smallest absolute Gasteiger partial charge is 0.224 e. The van der Waals surface area contributed by atoms with Crippen molar-refractivity contribution in [2.75, 3.05) is 5.32 Å². The van der Waals surface area contributed by atoms with Crippen molar-refractivity contribution in [3.8, 4) is 0 Å². The van der Waals surface area contributed by atoms with E-state index in [1.165, 1.54) is 0 Å². The van der Waals surface area contributed by atoms with Crippen molar-refractivity contribution in [3.05, 3.63) is 28.2 Å². The zero-order chi connectivity index (χ0) is 15.5. The van der Waals surface area contributed by atoms with E-state index in [2.05, 4.69) is 48.9 Å². The molecular weight excluding hydrogens is 336 g/mol. The van der Waals surface area contributed by atoms with E-state index in [4.69, 9.17) is 18.0 Å². The lowest BCUT2D eigenvalue weighted by Crippen LogP contribution is -2.25. The standard InChI is InChI=1S/C15H21BrN2OS/c1-9(15(2,3)4)7-13(19)18-12-6-5-10(16)8-11(12)14(17)20/h5-6,8-9H,7H2,1-4H3,(H2,17,20)(H,18,19). The second kappa shape index (κ2) is 6.68. The molecule has 1 aromatic rings. The molecule has 1 amide bonds. The van der Waals surface area contributed by atoms with Gasteiger partial charge in [0, 0.05) is 16.5 Å². The molecule has 1 unspecified atom stereocenters. The van der Waals surface area contributed by atoms with Gasteiger partial charge in [-0.1, -0.05) is 55.8 Å². The summed E-state index contributed by atoms with van der Waals surface area (Å²) in [4.78, 5) is 12.4. The number of benzene rings is 1. The van der Waals surface area contributed by atoms with Crippen LogP contribution in [-0.2, 0) is 4.79 Å². The highest BCUT2D eigenvalue weighted by Gasteiger charge is 2.23. The van der Waals surface area contributed by atoms with Crippen LogP contribution in [0.25, 0.3) is 0 Å². The molecule has 0 radical (unpaired) electrons. The monoisotopic (exact) mass is 356 g/mol. The van der Waals surface area contributed by atoms with Crippen LogP contribution < -0.4 is 11.1 Å². The predicted octanol–water partition coefficient (Wildman–Crippen LogP) is 4.09. The molecule has 0 aliphatic rings. The van der Waals surface area contributed by atoms with E-state index in [1.54, 1.807) is 6.07 Å². The van der Waals surface area contributed by atoms with Gasteiger partial charge in [-0.05, 0) is 29.5 Å². The molecule has 0 spiro atoms. The summed E-state index contributed by atoms with van der Waals surface area (Å²) in [5, 5.41) is 2.89. The third kappa shape index (κ3) is 4.87. The topological polar surface area (TPSA) is 55.1 Å². The molecule has 0 aromatic heterocycles. The van der Waals surface area contributed by atoms with Gasteiger partial charge in [0.1, 0.15) is 4.99 Å². The number of halogens is 1. The maximum Gasteiger partial charge on any atom is 0.224 e. The van der Waals surface area contributed by atoms with E-state index >= 15 is 0 Å². The van der Waals surface area contributed by atoms with Crippen LogP contribution in [0.15, 0.2) is 22.7 Å². The van der Waals surface area contributed by atoms with Gasteiger partial charge in [0.15, 0.2) is 0 Å². The highest BCUT2D eigenvalue weighted by atomic mass is 79.9. The first kappa shape index (κ1) is 17.1. The molecule has 5 heteroatoms. The number of nitrogens with two attached hydrogens (primary N) is 1. The summed E-state index contributed by atoms with van der Waals surface area (Å²) in [6, 6.07) is 5.47. The van der Waals surface area contributed by atoms with Crippen molar-refractivity contribution >= 4 is 44.7 Å². The maximum atomic E-state index is 12.1. The largest absolute Gasteiger partial charge is 0.389 e. The van der Waals surface area contributed by atoms with Gasteiger partial charge in [-0.2, -0.15) is 0 Å². The normalized spacial score (nSPS) is 12.8. The Morgan fingerprint density at radius 1 is 1.45 bits per heavy atom. The molecule has 1 aromatic carbocycles. The Morgan fingerprint density at radius 2 is 2.05 bits per heavy atom. The van der Waals surface area contributed by atoms with E-state index in [9.17, 15) is 4.79 Å². The SMILES string of the molecule is CC(CC(=O)Nc1ccc(Br)cc1C(N)=S)C(C)(C)C. The summed E-state index contributed by atoms with van der Waals surface area (Å²) >= 11 is 8.38. The van der Waals surface area contributed by atoms with Crippen LogP contribution >= 0.6 is 28.1 Å². The number of carbonyl (C=O) groups excluding carboxylic acids is 1. The minimum absolute atomic E-state index is 0.0211. The van der Waals surface area contributed by atoms with Gasteiger partial charge in [0.2, 0.25) is 5.91 Å². The molecule has 3 N–H and O–H groups in total. The molecule has 20 heavy (non-hydrogen) atoms. The Morgan fingerprint density at radius 3 is 2.55 bits per heavy atom. The van der Waals surface area contributed by atoms with Crippen molar-refractivity contribution in [1.29, 1.82) is 0 Å². The first-order chi connectivity index (χ1) is 9.11. The molecular formula is C15H21BrN2OS. The highest BCUT2D eigenvalue weighted by molar-refractivity contribution is 9.10. The van der Waals surface area contributed by atoms with Crippen LogP contribution in [0.5, 0.6) is 0 Å². The lowest BCUT2D eigenvalue weighted by molar-refractivity contribution is -0.117. The first-order valence-electron chi connectivity index (χ1n) is 6.50. The Labute approximate surface area is 134 Å². The zero-order valence-electron chi connectivity index (χ0n) is 12.3. The Balaban J connectivity index is 2.84. The number of thiocarbonyl (C=S) groups is 1. The maximum absolute atomic E-state index is 12.1. The van der Waals surface area contributed by atoms with E-state index < -0.39 is 0 Å². The van der Waals surface area contributed by atoms with Gasteiger partial charge in [-0.25, -0.2) is 0 Å². The number of rotatable bonds is 4. The zero-order valence-corrected chi connectivity index (χ0v) is 14.7. The molecule has 1 rings (SSSR count). The van der Waals surface area contributed by atoms with Crippen molar-refractivity contribution in [3.63, 3.8) is 0 Å². The molecule has 0 bridgehead atoms. The van der Waals surface area contributed by atoms with E-state index in [1.807, 2.05) is 12.1 Å². The molecule has 0 heterocycles. The van der Waals surface area contributed by atoms with Crippen LogP contribution in [0.3, 0.4) is 0 Å². The Kier molecular flexibility index (Phi) is 5.71. The molecule has 3 nitrogen and oxygen atoms in total. The molecule has 1 atom stereocenters. The summed E-state index contributed by atoms with van der Waals surface area (Å²) in [5.41, 5.74) is 7.12. The van der Waals surface area contributed by atoms with E-state index in [-0.39, 0.29) is 22.2 Å². The Bertz CT molecular complexity index is 523. The number of amides is 1. The highest BCUT2D eigenvalue weighted by Crippen LogP contribution is 2.29. The van der Waals surface area contributed by atoms with Gasteiger partial charge in [-0.15, -0.1) is 0 Å². The third-order valence-electron chi connectivity index (χ3n) is 3.49. The minimum Gasteiger partial charge on any atom is -0.389 e. The number of carbonyl (C=O) groups is 1. The van der Waals surface area contributed by atoms with Crippen LogP contribution in [0.1, 0.15) is 39.7 Å². The van der Waals surface area contributed by atoms with Crippen molar-refractivity contribution in [1.82, 2.24) is 0 Å². The van der Waals surface area contributed by atoms with Crippen LogP contribution in [-0.4, -0.2) is 10.9 Å². The lowest BCUT2D eigenvalue weighted by atomic mass is 9.80. The molecule has 0 saturated carbocycles. The summed E-state index contributed by atoms with van der Waals surface area (Å²) in [5.74, 6) is 0.262. The fourth-order valence-corrected chi connectivity index (χ4v) is 2.14. The number of nitrogens with one attached hydrogen (secondary N) is 1. The minimum atomic E-state index is -0.0211.